The van der Waals surface area contributed by atoms with Crippen LogP contribution >= 0.6 is 0 Å². The van der Waals surface area contributed by atoms with E-state index in [0.717, 1.165) is 34.0 Å². The highest BCUT2D eigenvalue weighted by molar-refractivity contribution is 6.11. The van der Waals surface area contributed by atoms with Crippen molar-refractivity contribution in [2.75, 3.05) is 16.5 Å². The Labute approximate surface area is 418 Å². The smallest absolute Gasteiger partial charge is 0.137 e. The first-order chi connectivity index (χ1) is 33.0. The molecule has 0 amide bonds. The van der Waals surface area contributed by atoms with Gasteiger partial charge in [-0.2, -0.15) is 0 Å². The molecule has 6 aromatic carbocycles. The summed E-state index contributed by atoms with van der Waals surface area (Å²) in [6.07, 6.45) is 4.35. The lowest BCUT2D eigenvalue weighted by Gasteiger charge is -2.31. The largest absolute Gasteiger partial charge is 0.457 e. The monoisotopic (exact) mass is 927 g/mol. The molecule has 1 aliphatic rings. The Balaban J connectivity index is 1.28. The molecule has 2 aromatic heterocycles. The van der Waals surface area contributed by atoms with Gasteiger partial charge in [-0.05, 0) is 116 Å². The maximum Gasteiger partial charge on any atom is 0.137 e. The quantitative estimate of drug-likeness (QED) is 0.137. The normalized spacial score (nSPS) is 13.9. The SMILES string of the molecule is CC(C)c1cccc(C(C)C)c1C1=CN(c2cccc(C(C)(C)C)c2)CN1c1cc(Oc2cc(C(C)(C)C)c3c4ccccc4n(-c4cc(C(C)(C)C)ccn4)c3c2)cc(C(C)(C)c2ccccc2)c1. The van der Waals surface area contributed by atoms with Gasteiger partial charge in [-0.25, -0.2) is 4.98 Å². The number of hydrogen-bond donors (Lipinski definition) is 0. The number of benzene rings is 6. The average molecular weight is 927 g/mol. The predicted molar refractivity (Wildman–Crippen MR) is 299 cm³/mol. The Hall–Kier alpha value is -6.59. The number of nitrogens with zero attached hydrogens (tertiary/aromatic N) is 4. The zero-order valence-electron chi connectivity index (χ0n) is 44.5. The van der Waals surface area contributed by atoms with Crippen LogP contribution in [-0.4, -0.2) is 16.2 Å². The molecule has 0 fully saturated rings. The van der Waals surface area contributed by atoms with Crippen LogP contribution in [0.15, 0.2) is 152 Å². The maximum atomic E-state index is 7.40. The third-order valence-corrected chi connectivity index (χ3v) is 14.6. The molecule has 0 spiro atoms. The molecule has 360 valence electrons. The molecule has 5 nitrogen and oxygen atoms in total. The van der Waals surface area contributed by atoms with Crippen LogP contribution < -0.4 is 14.5 Å². The van der Waals surface area contributed by atoms with Gasteiger partial charge in [-0.1, -0.05) is 183 Å². The van der Waals surface area contributed by atoms with Crippen LogP contribution in [0.4, 0.5) is 11.4 Å². The first-order valence-corrected chi connectivity index (χ1v) is 25.4. The maximum absolute atomic E-state index is 7.40. The van der Waals surface area contributed by atoms with Crippen molar-refractivity contribution >= 4 is 38.9 Å². The van der Waals surface area contributed by atoms with Crippen LogP contribution in [0, 0.1) is 0 Å². The van der Waals surface area contributed by atoms with Gasteiger partial charge in [0.25, 0.3) is 0 Å². The second-order valence-electron chi connectivity index (χ2n) is 23.9. The number of pyridine rings is 1. The van der Waals surface area contributed by atoms with E-state index in [2.05, 4.69) is 264 Å². The molecule has 8 aromatic rings. The molecule has 0 bridgehead atoms. The van der Waals surface area contributed by atoms with Crippen molar-refractivity contribution < 1.29 is 4.74 Å². The molecule has 0 saturated heterocycles. The molecular formula is C65H74N4O. The molecule has 1 aliphatic heterocycles. The first kappa shape index (κ1) is 48.4. The summed E-state index contributed by atoms with van der Waals surface area (Å²) in [7, 11) is 0. The standard InChI is InChI=1S/C65H74N4O/c1-42(2)52-28-22-29-53(43(3)4)60(52)58-40-67(48-26-21-25-45(33-48)62(5,6)7)41-68(58)49-34-47(65(14,15)44-23-17-16-18-24-44)35-50(37-49)70-51-38-55(64(11,12)13)61-54-27-19-20-30-56(54)69(57(61)39-51)59-36-46(31-32-66-59)63(8,9)10/h16-40,42-43H,41H2,1-15H3. The summed E-state index contributed by atoms with van der Waals surface area (Å²) in [6.45, 7) is 35.2. The van der Waals surface area contributed by atoms with Gasteiger partial charge in [0.1, 0.15) is 17.3 Å². The first-order valence-electron chi connectivity index (χ1n) is 25.4. The van der Waals surface area contributed by atoms with Gasteiger partial charge in [-0.15, -0.1) is 0 Å². The Kier molecular flexibility index (Phi) is 12.4. The highest BCUT2D eigenvalue weighted by Crippen LogP contribution is 2.47. The average Bonchev–Trinajstić information content (AvgIpc) is 3.91. The second kappa shape index (κ2) is 18.0. The van der Waals surface area contributed by atoms with E-state index in [1.807, 2.05) is 6.20 Å². The van der Waals surface area contributed by atoms with E-state index in [9.17, 15) is 0 Å². The van der Waals surface area contributed by atoms with Crippen LogP contribution in [-0.2, 0) is 21.7 Å². The summed E-state index contributed by atoms with van der Waals surface area (Å²) in [5.74, 6) is 3.13. The van der Waals surface area contributed by atoms with Gasteiger partial charge < -0.3 is 14.5 Å². The molecule has 3 heterocycles. The van der Waals surface area contributed by atoms with Crippen molar-refractivity contribution in [2.24, 2.45) is 0 Å². The van der Waals surface area contributed by atoms with Gasteiger partial charge >= 0.3 is 0 Å². The summed E-state index contributed by atoms with van der Waals surface area (Å²) >= 11 is 0. The molecule has 0 aliphatic carbocycles. The van der Waals surface area contributed by atoms with E-state index < -0.39 is 0 Å². The highest BCUT2D eigenvalue weighted by atomic mass is 16.5. The van der Waals surface area contributed by atoms with Crippen LogP contribution in [0.2, 0.25) is 0 Å². The second-order valence-corrected chi connectivity index (χ2v) is 23.9. The third kappa shape index (κ3) is 9.16. The number of anilines is 2. The minimum absolute atomic E-state index is 0.0117. The topological polar surface area (TPSA) is 33.5 Å². The molecule has 0 atom stereocenters. The van der Waals surface area contributed by atoms with Crippen molar-refractivity contribution in [1.29, 1.82) is 0 Å². The highest BCUT2D eigenvalue weighted by Gasteiger charge is 2.33. The summed E-state index contributed by atoms with van der Waals surface area (Å²) in [5, 5.41) is 2.43. The lowest BCUT2D eigenvalue weighted by molar-refractivity contribution is 0.477. The molecule has 0 N–H and O–H groups in total. The lowest BCUT2D eigenvalue weighted by atomic mass is 9.78. The molecule has 5 heteroatoms. The summed E-state index contributed by atoms with van der Waals surface area (Å²) in [4.78, 5) is 10.0. The fourth-order valence-corrected chi connectivity index (χ4v) is 10.4. The van der Waals surface area contributed by atoms with Crippen LogP contribution in [0.5, 0.6) is 11.5 Å². The fourth-order valence-electron chi connectivity index (χ4n) is 10.4. The predicted octanol–water partition coefficient (Wildman–Crippen LogP) is 17.7. The van der Waals surface area contributed by atoms with E-state index in [0.29, 0.717) is 18.5 Å². The number of fused-ring (bicyclic) bond motifs is 3. The minimum Gasteiger partial charge on any atom is -0.457 e. The Morgan fingerprint density at radius 1 is 0.514 bits per heavy atom. The van der Waals surface area contributed by atoms with Gasteiger partial charge in [0.05, 0.1) is 23.4 Å². The van der Waals surface area contributed by atoms with Crippen molar-refractivity contribution in [1.82, 2.24) is 9.55 Å². The number of ether oxygens (including phenoxy) is 1. The van der Waals surface area contributed by atoms with Gasteiger partial charge in [0.2, 0.25) is 0 Å². The van der Waals surface area contributed by atoms with Crippen molar-refractivity contribution in [3.05, 3.63) is 196 Å². The lowest BCUT2D eigenvalue weighted by Crippen LogP contribution is -2.28. The van der Waals surface area contributed by atoms with E-state index in [4.69, 9.17) is 9.72 Å². The molecule has 0 radical (unpaired) electrons. The van der Waals surface area contributed by atoms with E-state index in [1.165, 1.54) is 66.7 Å². The van der Waals surface area contributed by atoms with Crippen molar-refractivity contribution in [3.8, 4) is 17.3 Å². The summed E-state index contributed by atoms with van der Waals surface area (Å²) < 4.78 is 9.73. The number of rotatable bonds is 10. The summed E-state index contributed by atoms with van der Waals surface area (Å²) in [6, 6.07) is 51.5. The van der Waals surface area contributed by atoms with E-state index >= 15 is 0 Å². The fraction of sp³-hybridized carbons (Fsp3) is 0.338. The molecule has 0 saturated carbocycles. The molecule has 0 unspecified atom stereocenters. The number of para-hydroxylation sites is 1. The number of hydrogen-bond acceptors (Lipinski definition) is 4. The third-order valence-electron chi connectivity index (χ3n) is 14.6. The van der Waals surface area contributed by atoms with Crippen molar-refractivity contribution in [2.45, 2.75) is 137 Å². The van der Waals surface area contributed by atoms with E-state index in [-0.39, 0.29) is 21.7 Å². The Morgan fingerprint density at radius 2 is 1.11 bits per heavy atom. The van der Waals surface area contributed by atoms with Crippen LogP contribution in [0.25, 0.3) is 33.3 Å². The molecular weight excluding hydrogens is 853 g/mol. The zero-order valence-corrected chi connectivity index (χ0v) is 44.5. The van der Waals surface area contributed by atoms with Crippen LogP contribution in [0.3, 0.4) is 0 Å². The summed E-state index contributed by atoms with van der Waals surface area (Å²) in [5.41, 5.74) is 15.3. The molecule has 9 rings (SSSR count). The zero-order chi connectivity index (χ0) is 50.1. The number of aromatic nitrogens is 2. The van der Waals surface area contributed by atoms with Gasteiger partial charge in [0, 0.05) is 57.7 Å². The van der Waals surface area contributed by atoms with E-state index in [1.54, 1.807) is 0 Å². The van der Waals surface area contributed by atoms with Crippen molar-refractivity contribution in [3.63, 3.8) is 0 Å². The Bertz CT molecular complexity index is 3230. The van der Waals surface area contributed by atoms with Gasteiger partial charge in [0.15, 0.2) is 0 Å². The van der Waals surface area contributed by atoms with Crippen LogP contribution in [0.1, 0.15) is 160 Å². The molecule has 70 heavy (non-hydrogen) atoms. The minimum atomic E-state index is -0.352. The van der Waals surface area contributed by atoms with Gasteiger partial charge in [-0.3, -0.25) is 4.57 Å². The Morgan fingerprint density at radius 3 is 1.77 bits per heavy atom.